The van der Waals surface area contributed by atoms with Crippen molar-refractivity contribution in [2.75, 3.05) is 0 Å². The van der Waals surface area contributed by atoms with Crippen LogP contribution < -0.4 is 0 Å². The van der Waals surface area contributed by atoms with Gasteiger partial charge in [0.05, 0.1) is 0 Å². The van der Waals surface area contributed by atoms with Gasteiger partial charge in [-0.25, -0.2) is 0 Å². The van der Waals surface area contributed by atoms with Crippen LogP contribution in [-0.4, -0.2) is 0 Å². The van der Waals surface area contributed by atoms with Gasteiger partial charge in [-0.3, -0.25) is 0 Å². The number of hydrogen-bond acceptors (Lipinski definition) is 0. The Morgan fingerprint density at radius 3 is 0.764 bits per heavy atom. The van der Waals surface area contributed by atoms with Crippen molar-refractivity contribution in [1.29, 1.82) is 0 Å². The predicted octanol–water partition coefficient (Wildman–Crippen LogP) is 22.4. The SMILES string of the molecule is Brc1ccc2ccc3c(Br)ccc4ccc1c2c43.Brc1ccc2ccc3ccc(Br)c4ccc1c2c34.c1ccc2cc(-c3ccc4ccc5c(-c6ccc7ccccc7c6)ccc6ccc3c4c65)ccc2c1. The summed E-state index contributed by atoms with van der Waals surface area (Å²) in [5.74, 6) is 0. The molecule has 16 rings (SSSR count). The fourth-order valence-corrected chi connectivity index (χ4v) is 13.3. The molecule has 0 aliphatic carbocycles. The molecule has 0 spiro atoms. The van der Waals surface area contributed by atoms with Crippen molar-refractivity contribution >= 4 is 182 Å². The van der Waals surface area contributed by atoms with Crippen LogP contribution in [0, 0.1) is 0 Å². The van der Waals surface area contributed by atoms with Crippen molar-refractivity contribution in [2.24, 2.45) is 0 Å². The normalized spacial score (nSPS) is 11.9. The van der Waals surface area contributed by atoms with Crippen molar-refractivity contribution in [3.05, 3.63) is 248 Å². The summed E-state index contributed by atoms with van der Waals surface area (Å²) in [4.78, 5) is 0. The summed E-state index contributed by atoms with van der Waals surface area (Å²) in [7, 11) is 0. The van der Waals surface area contributed by atoms with Crippen LogP contribution in [0.5, 0.6) is 0 Å². The van der Waals surface area contributed by atoms with E-state index >= 15 is 0 Å². The highest BCUT2D eigenvalue weighted by molar-refractivity contribution is 9.11. The molecule has 0 amide bonds. The van der Waals surface area contributed by atoms with Gasteiger partial charge in [0.25, 0.3) is 0 Å². The van der Waals surface area contributed by atoms with Gasteiger partial charge >= 0.3 is 0 Å². The van der Waals surface area contributed by atoms with Gasteiger partial charge in [0.1, 0.15) is 0 Å². The summed E-state index contributed by atoms with van der Waals surface area (Å²) in [5.41, 5.74) is 5.11. The van der Waals surface area contributed by atoms with Crippen molar-refractivity contribution in [2.45, 2.75) is 0 Å². The first kappa shape index (κ1) is 43.8. The lowest BCUT2D eigenvalue weighted by atomic mass is 9.87. The molecule has 0 N–H and O–H groups in total. The van der Waals surface area contributed by atoms with Gasteiger partial charge < -0.3 is 0 Å². The van der Waals surface area contributed by atoms with E-state index in [1.807, 2.05) is 0 Å². The summed E-state index contributed by atoms with van der Waals surface area (Å²) in [6.07, 6.45) is 0. The largest absolute Gasteiger partial charge is 0.0616 e. The van der Waals surface area contributed by atoms with Crippen molar-refractivity contribution in [1.82, 2.24) is 0 Å². The molecule has 0 aliphatic rings. The van der Waals surface area contributed by atoms with Crippen molar-refractivity contribution < 1.29 is 0 Å². The molecule has 16 aromatic rings. The molecule has 16 aromatic carbocycles. The molecule has 0 aliphatic heterocycles. The first-order valence-electron chi connectivity index (χ1n) is 24.1. The van der Waals surface area contributed by atoms with E-state index in [0.29, 0.717) is 0 Å². The molecular formula is C68H38Br4. The van der Waals surface area contributed by atoms with Gasteiger partial charge in [0.2, 0.25) is 0 Å². The van der Waals surface area contributed by atoms with E-state index in [-0.39, 0.29) is 0 Å². The Morgan fingerprint density at radius 2 is 0.417 bits per heavy atom. The number of hydrogen-bond donors (Lipinski definition) is 0. The van der Waals surface area contributed by atoms with Gasteiger partial charge in [0.15, 0.2) is 0 Å². The smallest absolute Gasteiger partial charge is 0.0254 e. The van der Waals surface area contributed by atoms with E-state index in [1.165, 1.54) is 141 Å². The third kappa shape index (κ3) is 7.10. The van der Waals surface area contributed by atoms with E-state index in [2.05, 4.69) is 294 Å². The van der Waals surface area contributed by atoms with Gasteiger partial charge in [-0.15, -0.1) is 0 Å². The molecule has 0 saturated carbocycles. The topological polar surface area (TPSA) is 0 Å². The third-order valence-electron chi connectivity index (χ3n) is 14.9. The van der Waals surface area contributed by atoms with Gasteiger partial charge in [0, 0.05) is 17.9 Å². The highest BCUT2D eigenvalue weighted by atomic mass is 79.9. The molecule has 0 radical (unpaired) electrons. The average molecular weight is 1170 g/mol. The Labute approximate surface area is 449 Å². The Bertz CT molecular complexity index is 4400. The molecule has 72 heavy (non-hydrogen) atoms. The van der Waals surface area contributed by atoms with Crippen LogP contribution in [0.1, 0.15) is 0 Å². The summed E-state index contributed by atoms with van der Waals surface area (Å²) in [6.45, 7) is 0. The summed E-state index contributed by atoms with van der Waals surface area (Å²) in [5, 5.41) is 28.7. The molecule has 338 valence electrons. The molecule has 0 nitrogen and oxygen atoms in total. The van der Waals surface area contributed by atoms with Crippen LogP contribution in [0.4, 0.5) is 0 Å². The monoisotopic (exact) mass is 1170 g/mol. The first-order chi connectivity index (χ1) is 35.3. The first-order valence-corrected chi connectivity index (χ1v) is 27.2. The van der Waals surface area contributed by atoms with Crippen LogP contribution >= 0.6 is 63.7 Å². The van der Waals surface area contributed by atoms with Crippen LogP contribution in [0.3, 0.4) is 0 Å². The van der Waals surface area contributed by atoms with E-state index in [9.17, 15) is 0 Å². The van der Waals surface area contributed by atoms with E-state index < -0.39 is 0 Å². The molecule has 0 heterocycles. The average Bonchev–Trinajstić information content (AvgIpc) is 3.43. The zero-order valence-electron chi connectivity index (χ0n) is 38.5. The van der Waals surface area contributed by atoms with Crippen LogP contribution in [0.15, 0.2) is 248 Å². The van der Waals surface area contributed by atoms with Crippen molar-refractivity contribution in [3.63, 3.8) is 0 Å². The lowest BCUT2D eigenvalue weighted by Gasteiger charge is -2.17. The fraction of sp³-hybridized carbons (Fsp3) is 0. The van der Waals surface area contributed by atoms with Gasteiger partial charge in [-0.05, 0) is 177 Å². The minimum atomic E-state index is 1.16. The molecular weight excluding hydrogens is 1140 g/mol. The standard InChI is InChI=1S/C36H22.2C16H8Br2/c1-3-7-27-21-29(11-9-23(27)5-1)31-17-13-25-16-20-34-32(18-14-26-15-19-33(31)35(25)36(26)34)30-12-10-24-6-2-4-8-28(24)22-30;17-13-8-4-10-2-6-12-14(18)7-3-9-1-5-11(13)16(10)15(9)12;17-13-7-3-9-1-2-10-4-8-14(18)12-6-5-11(13)15(9)16(10)12/h1-22H;2*1-8H. The second-order valence-electron chi connectivity index (χ2n) is 18.8. The second-order valence-corrected chi connectivity index (χ2v) is 22.2. The Balaban J connectivity index is 0.000000112. The number of fused-ring (bicyclic) bond motifs is 2. The number of halogens is 4. The highest BCUT2D eigenvalue weighted by Gasteiger charge is 2.17. The maximum absolute atomic E-state index is 3.65. The molecule has 0 unspecified atom stereocenters. The summed E-state index contributed by atoms with van der Waals surface area (Å²) < 4.78 is 4.63. The van der Waals surface area contributed by atoms with Crippen molar-refractivity contribution in [3.8, 4) is 22.3 Å². The number of rotatable bonds is 2. The van der Waals surface area contributed by atoms with E-state index in [4.69, 9.17) is 0 Å². The lowest BCUT2D eigenvalue weighted by Crippen LogP contribution is -1.89. The fourth-order valence-electron chi connectivity index (χ4n) is 11.5. The third-order valence-corrected chi connectivity index (χ3v) is 17.7. The van der Waals surface area contributed by atoms with Crippen LogP contribution in [0.2, 0.25) is 0 Å². The van der Waals surface area contributed by atoms with Crippen LogP contribution in [-0.2, 0) is 0 Å². The van der Waals surface area contributed by atoms with Gasteiger partial charge in [-0.1, -0.05) is 258 Å². The summed E-state index contributed by atoms with van der Waals surface area (Å²) >= 11 is 14.6. The quantitative estimate of drug-likeness (QED) is 0.151. The van der Waals surface area contributed by atoms with Crippen LogP contribution in [0.25, 0.3) is 141 Å². The minimum Gasteiger partial charge on any atom is -0.0616 e. The predicted molar refractivity (Wildman–Crippen MR) is 327 cm³/mol. The molecule has 0 saturated heterocycles. The molecule has 0 fully saturated rings. The Kier molecular flexibility index (Phi) is 10.6. The zero-order chi connectivity index (χ0) is 48.2. The maximum atomic E-state index is 3.65. The Hall–Kier alpha value is -6.92. The number of benzene rings is 16. The minimum absolute atomic E-state index is 1.16. The zero-order valence-corrected chi connectivity index (χ0v) is 44.8. The highest BCUT2D eigenvalue weighted by Crippen LogP contribution is 2.45. The maximum Gasteiger partial charge on any atom is 0.0254 e. The molecule has 0 atom stereocenters. The van der Waals surface area contributed by atoms with Gasteiger partial charge in [-0.2, -0.15) is 0 Å². The lowest BCUT2D eigenvalue weighted by molar-refractivity contribution is 1.68. The summed E-state index contributed by atoms with van der Waals surface area (Å²) in [6, 6.07) is 83.9. The van der Waals surface area contributed by atoms with E-state index in [1.54, 1.807) is 0 Å². The second kappa shape index (κ2) is 17.4. The molecule has 4 heteroatoms. The van der Waals surface area contributed by atoms with E-state index in [0.717, 1.165) is 17.9 Å². The Morgan fingerprint density at radius 1 is 0.181 bits per heavy atom. The molecule has 0 aromatic heterocycles. The molecule has 0 bridgehead atoms.